The van der Waals surface area contributed by atoms with Crippen LogP contribution in [0.4, 0.5) is 0 Å². The minimum absolute atomic E-state index is 0.210. The fraction of sp³-hybridized carbons (Fsp3) is 0.200. The van der Waals surface area contributed by atoms with Crippen LogP contribution >= 0.6 is 11.3 Å². The topological polar surface area (TPSA) is 107 Å². The van der Waals surface area contributed by atoms with Gasteiger partial charge in [-0.2, -0.15) is 0 Å². The van der Waals surface area contributed by atoms with E-state index >= 15 is 0 Å². The van der Waals surface area contributed by atoms with Crippen molar-refractivity contribution in [2.45, 2.75) is 19.9 Å². The number of benzene rings is 2. The third-order valence-corrected chi connectivity index (χ3v) is 6.13. The molecule has 0 fully saturated rings. The molecule has 1 atom stereocenters. The minimum atomic E-state index is -1.08. The van der Waals surface area contributed by atoms with Crippen LogP contribution in [-0.4, -0.2) is 34.8 Å². The van der Waals surface area contributed by atoms with E-state index in [0.29, 0.717) is 31.9 Å². The molecule has 0 bridgehead atoms. The van der Waals surface area contributed by atoms with Crippen molar-refractivity contribution in [3.8, 4) is 5.75 Å². The Bertz CT molecular complexity index is 1450. The fourth-order valence-corrected chi connectivity index (χ4v) is 4.78. The molecule has 0 amide bonds. The summed E-state index contributed by atoms with van der Waals surface area (Å²) < 4.78 is 12.5. The molecule has 0 aliphatic carbocycles. The maximum Gasteiger partial charge on any atom is 0.341 e. The SMILES string of the molecule is CCOC(=O)C1=C(C)N=c2sc(=Cc3cccc(OCC(=O)O)c3)c(=O)n2[C@H]1c1ccccc1. The van der Waals surface area contributed by atoms with E-state index in [4.69, 9.17) is 14.6 Å². The highest BCUT2D eigenvalue weighted by Gasteiger charge is 2.33. The zero-order valence-corrected chi connectivity index (χ0v) is 19.4. The normalized spacial score (nSPS) is 15.5. The summed E-state index contributed by atoms with van der Waals surface area (Å²) in [6.45, 7) is 3.22. The second-order valence-electron chi connectivity index (χ2n) is 7.47. The maximum absolute atomic E-state index is 13.5. The first-order valence-electron chi connectivity index (χ1n) is 10.6. The molecule has 9 heteroatoms. The van der Waals surface area contributed by atoms with Crippen molar-refractivity contribution in [1.82, 2.24) is 4.57 Å². The predicted molar refractivity (Wildman–Crippen MR) is 126 cm³/mol. The first-order chi connectivity index (χ1) is 16.4. The Kier molecular flexibility index (Phi) is 6.74. The van der Waals surface area contributed by atoms with Gasteiger partial charge < -0.3 is 14.6 Å². The summed E-state index contributed by atoms with van der Waals surface area (Å²) in [5, 5.41) is 8.82. The van der Waals surface area contributed by atoms with Gasteiger partial charge in [0, 0.05) is 0 Å². The quantitative estimate of drug-likeness (QED) is 0.522. The minimum Gasteiger partial charge on any atom is -0.482 e. The number of thiazole rings is 1. The molecule has 0 radical (unpaired) electrons. The average Bonchev–Trinajstić information content (AvgIpc) is 3.12. The number of fused-ring (bicyclic) bond motifs is 1. The standard InChI is InChI=1S/C25H22N2O6S/c1-3-32-24(31)21-15(2)26-25-27(22(21)17-9-5-4-6-10-17)23(30)19(34-25)13-16-8-7-11-18(12-16)33-14-20(28)29/h4-13,22H,3,14H2,1-2H3,(H,28,29)/t22-/m0/s1. The van der Waals surface area contributed by atoms with Crippen LogP contribution in [0.5, 0.6) is 5.75 Å². The lowest BCUT2D eigenvalue weighted by Crippen LogP contribution is -2.39. The summed E-state index contributed by atoms with van der Waals surface area (Å²) >= 11 is 1.22. The van der Waals surface area contributed by atoms with E-state index in [1.165, 1.54) is 15.9 Å². The number of hydrogen-bond donors (Lipinski definition) is 1. The number of aliphatic carboxylic acids is 1. The maximum atomic E-state index is 13.5. The first kappa shape index (κ1) is 23.2. The van der Waals surface area contributed by atoms with Gasteiger partial charge in [0.1, 0.15) is 5.75 Å². The molecular formula is C25H22N2O6S. The summed E-state index contributed by atoms with van der Waals surface area (Å²) in [7, 11) is 0. The smallest absolute Gasteiger partial charge is 0.341 e. The number of carbonyl (C=O) groups is 2. The second kappa shape index (κ2) is 9.88. The molecule has 1 aliphatic rings. The molecule has 174 valence electrons. The lowest BCUT2D eigenvalue weighted by atomic mass is 9.96. The van der Waals surface area contributed by atoms with Crippen LogP contribution in [0.15, 0.2) is 75.7 Å². The third-order valence-electron chi connectivity index (χ3n) is 5.15. The number of esters is 1. The van der Waals surface area contributed by atoms with Gasteiger partial charge in [0.2, 0.25) is 0 Å². The number of carbonyl (C=O) groups excluding carboxylic acids is 1. The third kappa shape index (κ3) is 4.69. The van der Waals surface area contributed by atoms with E-state index < -0.39 is 24.6 Å². The molecule has 2 aromatic carbocycles. The monoisotopic (exact) mass is 478 g/mol. The highest BCUT2D eigenvalue weighted by Crippen LogP contribution is 2.30. The summed E-state index contributed by atoms with van der Waals surface area (Å²) in [6.07, 6.45) is 1.70. The summed E-state index contributed by atoms with van der Waals surface area (Å²) in [5.74, 6) is -1.20. The Morgan fingerprint density at radius 2 is 1.94 bits per heavy atom. The zero-order valence-electron chi connectivity index (χ0n) is 18.6. The van der Waals surface area contributed by atoms with Gasteiger partial charge in [0.15, 0.2) is 11.4 Å². The highest BCUT2D eigenvalue weighted by molar-refractivity contribution is 7.07. The van der Waals surface area contributed by atoms with E-state index in [1.807, 2.05) is 30.3 Å². The summed E-state index contributed by atoms with van der Waals surface area (Å²) in [5.41, 5.74) is 1.99. The molecule has 1 aromatic heterocycles. The van der Waals surface area contributed by atoms with Crippen molar-refractivity contribution < 1.29 is 24.2 Å². The summed E-state index contributed by atoms with van der Waals surface area (Å²) in [4.78, 5) is 42.2. The second-order valence-corrected chi connectivity index (χ2v) is 8.48. The van der Waals surface area contributed by atoms with Gasteiger partial charge in [0.25, 0.3) is 5.56 Å². The highest BCUT2D eigenvalue weighted by atomic mass is 32.1. The molecule has 0 saturated carbocycles. The molecule has 3 aromatic rings. The van der Waals surface area contributed by atoms with Crippen LogP contribution in [0.25, 0.3) is 6.08 Å². The summed E-state index contributed by atoms with van der Waals surface area (Å²) in [6, 6.07) is 15.4. The number of aromatic nitrogens is 1. The van der Waals surface area contributed by atoms with Crippen molar-refractivity contribution in [1.29, 1.82) is 0 Å². The number of carboxylic acid groups (broad SMARTS) is 1. The van der Waals surface area contributed by atoms with Crippen LogP contribution in [0, 0.1) is 0 Å². The molecule has 0 unspecified atom stereocenters. The number of nitrogens with zero attached hydrogens (tertiary/aromatic N) is 2. The van der Waals surface area contributed by atoms with Gasteiger partial charge >= 0.3 is 11.9 Å². The van der Waals surface area contributed by atoms with Gasteiger partial charge in [0.05, 0.1) is 28.5 Å². The van der Waals surface area contributed by atoms with E-state index in [1.54, 1.807) is 44.2 Å². The number of hydrogen-bond acceptors (Lipinski definition) is 7. The lowest BCUT2D eigenvalue weighted by Gasteiger charge is -2.24. The van der Waals surface area contributed by atoms with Crippen molar-refractivity contribution in [3.05, 3.63) is 96.7 Å². The van der Waals surface area contributed by atoms with Crippen molar-refractivity contribution >= 4 is 29.4 Å². The molecule has 1 aliphatic heterocycles. The van der Waals surface area contributed by atoms with Crippen molar-refractivity contribution in [2.75, 3.05) is 13.2 Å². The van der Waals surface area contributed by atoms with E-state index in [0.717, 1.165) is 5.56 Å². The molecule has 34 heavy (non-hydrogen) atoms. The van der Waals surface area contributed by atoms with E-state index in [-0.39, 0.29) is 12.2 Å². The zero-order chi connectivity index (χ0) is 24.2. The largest absolute Gasteiger partial charge is 0.482 e. The Labute approximate surface area is 198 Å². The van der Waals surface area contributed by atoms with Gasteiger partial charge in [-0.1, -0.05) is 53.8 Å². The molecule has 0 spiro atoms. The van der Waals surface area contributed by atoms with Crippen LogP contribution in [0.1, 0.15) is 31.0 Å². The first-order valence-corrected chi connectivity index (χ1v) is 11.4. The number of ether oxygens (including phenoxy) is 2. The molecule has 4 rings (SSSR count). The Morgan fingerprint density at radius 3 is 2.65 bits per heavy atom. The molecule has 0 saturated heterocycles. The van der Waals surface area contributed by atoms with Crippen LogP contribution in [-0.2, 0) is 14.3 Å². The lowest BCUT2D eigenvalue weighted by molar-refractivity contribution is -0.140. The predicted octanol–water partition coefficient (Wildman–Crippen LogP) is 2.26. The van der Waals surface area contributed by atoms with Gasteiger partial charge in [-0.15, -0.1) is 0 Å². The van der Waals surface area contributed by atoms with Crippen molar-refractivity contribution in [2.24, 2.45) is 4.99 Å². The average molecular weight is 479 g/mol. The van der Waals surface area contributed by atoms with Gasteiger partial charge in [-0.05, 0) is 43.2 Å². The molecular weight excluding hydrogens is 456 g/mol. The van der Waals surface area contributed by atoms with Crippen LogP contribution < -0.4 is 19.6 Å². The molecule has 1 N–H and O–H groups in total. The Morgan fingerprint density at radius 1 is 1.18 bits per heavy atom. The van der Waals surface area contributed by atoms with Gasteiger partial charge in [-0.3, -0.25) is 9.36 Å². The number of carboxylic acids is 1. The van der Waals surface area contributed by atoms with Gasteiger partial charge in [-0.25, -0.2) is 14.6 Å². The number of rotatable bonds is 7. The Hall–Kier alpha value is -3.98. The molecule has 2 heterocycles. The van der Waals surface area contributed by atoms with Crippen LogP contribution in [0.3, 0.4) is 0 Å². The van der Waals surface area contributed by atoms with E-state index in [2.05, 4.69) is 4.99 Å². The fourth-order valence-electron chi connectivity index (χ4n) is 3.73. The Balaban J connectivity index is 1.84. The van der Waals surface area contributed by atoms with Crippen LogP contribution in [0.2, 0.25) is 0 Å². The van der Waals surface area contributed by atoms with Crippen molar-refractivity contribution in [3.63, 3.8) is 0 Å². The number of allylic oxidation sites excluding steroid dienone is 1. The molecule has 8 nitrogen and oxygen atoms in total. The van der Waals surface area contributed by atoms with E-state index in [9.17, 15) is 14.4 Å².